The van der Waals surface area contributed by atoms with Gasteiger partial charge in [0.1, 0.15) is 18.2 Å². The van der Waals surface area contributed by atoms with Crippen LogP contribution in [0.5, 0.6) is 5.75 Å². The molecule has 6 nitrogen and oxygen atoms in total. The fourth-order valence-electron chi connectivity index (χ4n) is 3.27. The summed E-state index contributed by atoms with van der Waals surface area (Å²) in [5, 5.41) is 13.5. The Balaban J connectivity index is 1.37. The molecule has 1 amide bonds. The van der Waals surface area contributed by atoms with Gasteiger partial charge in [-0.3, -0.25) is 4.79 Å². The summed E-state index contributed by atoms with van der Waals surface area (Å²) in [5.41, 5.74) is 0.931. The lowest BCUT2D eigenvalue weighted by molar-refractivity contribution is -0.113. The van der Waals surface area contributed by atoms with Crippen molar-refractivity contribution in [3.63, 3.8) is 0 Å². The molecule has 170 valence electrons. The van der Waals surface area contributed by atoms with E-state index in [-0.39, 0.29) is 22.5 Å². The smallest absolute Gasteiger partial charge is 0.234 e. The first-order valence-electron chi connectivity index (χ1n) is 9.90. The van der Waals surface area contributed by atoms with E-state index in [2.05, 4.69) is 43.6 Å². The van der Waals surface area contributed by atoms with Crippen LogP contribution in [0.25, 0.3) is 10.8 Å². The number of rotatable bonds is 7. The van der Waals surface area contributed by atoms with Crippen molar-refractivity contribution in [1.82, 2.24) is 14.8 Å². The first-order chi connectivity index (χ1) is 15.8. The monoisotopic (exact) mass is 532 g/mol. The molecule has 0 unspecified atom stereocenters. The molecule has 0 saturated carbocycles. The van der Waals surface area contributed by atoms with Crippen LogP contribution in [0.4, 0.5) is 14.5 Å². The van der Waals surface area contributed by atoms with E-state index < -0.39 is 17.5 Å². The van der Waals surface area contributed by atoms with E-state index in [1.165, 1.54) is 0 Å². The quantitative estimate of drug-likeness (QED) is 0.312. The molecule has 0 saturated heterocycles. The number of nitrogens with one attached hydrogen (secondary N) is 1. The number of ether oxygens (including phenoxy) is 1. The standard InChI is InChI=1S/C23H19BrF2N4O2S/c1-13-16-6-4-3-5-14(16)7-8-19(13)32-11-20-28-29-23(30(20)2)33-12-21(31)27-22-17(24)9-15(25)10-18(22)26/h3-10H,11-12H2,1-2H3,(H,27,31). The highest BCUT2D eigenvalue weighted by Crippen LogP contribution is 2.29. The van der Waals surface area contributed by atoms with Crippen LogP contribution in [0.2, 0.25) is 0 Å². The molecule has 0 aliphatic rings. The summed E-state index contributed by atoms with van der Waals surface area (Å²) < 4.78 is 35.0. The number of aromatic nitrogens is 3. The topological polar surface area (TPSA) is 69.0 Å². The van der Waals surface area contributed by atoms with Crippen molar-refractivity contribution in [2.24, 2.45) is 7.05 Å². The van der Waals surface area contributed by atoms with Crippen LogP contribution in [0.1, 0.15) is 11.4 Å². The zero-order valence-electron chi connectivity index (χ0n) is 17.7. The third-order valence-electron chi connectivity index (χ3n) is 5.03. The molecule has 10 heteroatoms. The van der Waals surface area contributed by atoms with Crippen molar-refractivity contribution in [3.8, 4) is 5.75 Å². The van der Waals surface area contributed by atoms with Crippen LogP contribution in [0.3, 0.4) is 0 Å². The maximum atomic E-state index is 13.9. The number of aryl methyl sites for hydroxylation is 1. The van der Waals surface area contributed by atoms with Crippen LogP contribution in [0, 0.1) is 18.6 Å². The van der Waals surface area contributed by atoms with Gasteiger partial charge in [-0.1, -0.05) is 42.1 Å². The van der Waals surface area contributed by atoms with Crippen molar-refractivity contribution in [3.05, 3.63) is 76.0 Å². The Bertz CT molecular complexity index is 1320. The van der Waals surface area contributed by atoms with Crippen molar-refractivity contribution >= 4 is 50.1 Å². The summed E-state index contributed by atoms with van der Waals surface area (Å²) in [6, 6.07) is 13.8. The van der Waals surface area contributed by atoms with Gasteiger partial charge in [0.15, 0.2) is 16.8 Å². The molecule has 1 heterocycles. The van der Waals surface area contributed by atoms with E-state index in [4.69, 9.17) is 4.74 Å². The van der Waals surface area contributed by atoms with Gasteiger partial charge < -0.3 is 14.6 Å². The van der Waals surface area contributed by atoms with E-state index in [0.717, 1.165) is 39.9 Å². The normalized spacial score (nSPS) is 11.1. The molecule has 0 radical (unpaired) electrons. The van der Waals surface area contributed by atoms with Gasteiger partial charge in [0.25, 0.3) is 0 Å². The number of benzene rings is 3. The molecule has 4 rings (SSSR count). The predicted octanol–water partition coefficient (Wildman–Crippen LogP) is 5.63. The predicted molar refractivity (Wildman–Crippen MR) is 127 cm³/mol. The van der Waals surface area contributed by atoms with Gasteiger partial charge in [0, 0.05) is 17.6 Å². The highest BCUT2D eigenvalue weighted by Gasteiger charge is 2.16. The molecule has 1 aromatic heterocycles. The molecule has 0 aliphatic carbocycles. The highest BCUT2D eigenvalue weighted by molar-refractivity contribution is 9.10. The molecule has 4 aromatic rings. The molecular weight excluding hydrogens is 514 g/mol. The van der Waals surface area contributed by atoms with Gasteiger partial charge >= 0.3 is 0 Å². The summed E-state index contributed by atoms with van der Waals surface area (Å²) in [4.78, 5) is 12.3. The number of anilines is 1. The Morgan fingerprint density at radius 2 is 1.97 bits per heavy atom. The summed E-state index contributed by atoms with van der Waals surface area (Å²) in [7, 11) is 1.78. The van der Waals surface area contributed by atoms with E-state index >= 15 is 0 Å². The maximum Gasteiger partial charge on any atom is 0.234 e. The fraction of sp³-hybridized carbons (Fsp3) is 0.174. The first-order valence-corrected chi connectivity index (χ1v) is 11.7. The Hall–Kier alpha value is -2.98. The molecule has 1 N–H and O–H groups in total. The third-order valence-corrected chi connectivity index (χ3v) is 6.68. The molecule has 0 atom stereocenters. The lowest BCUT2D eigenvalue weighted by Crippen LogP contribution is -2.16. The average Bonchev–Trinajstić information content (AvgIpc) is 3.14. The lowest BCUT2D eigenvalue weighted by Gasteiger charge is -2.11. The van der Waals surface area contributed by atoms with Gasteiger partial charge in [0.2, 0.25) is 5.91 Å². The number of carbonyl (C=O) groups is 1. The second-order valence-corrected chi connectivity index (χ2v) is 9.03. The minimum Gasteiger partial charge on any atom is -0.485 e. The molecule has 0 aliphatic heterocycles. The second kappa shape index (κ2) is 9.88. The maximum absolute atomic E-state index is 13.9. The Morgan fingerprint density at radius 1 is 1.18 bits per heavy atom. The van der Waals surface area contributed by atoms with Crippen molar-refractivity contribution in [2.45, 2.75) is 18.7 Å². The zero-order valence-corrected chi connectivity index (χ0v) is 20.1. The number of nitrogens with zero attached hydrogens (tertiary/aromatic N) is 3. The molecule has 0 fully saturated rings. The number of thioether (sulfide) groups is 1. The van der Waals surface area contributed by atoms with E-state index in [0.29, 0.717) is 17.0 Å². The second-order valence-electron chi connectivity index (χ2n) is 7.24. The largest absolute Gasteiger partial charge is 0.485 e. The van der Waals surface area contributed by atoms with E-state index in [1.807, 2.05) is 31.2 Å². The van der Waals surface area contributed by atoms with Crippen LogP contribution in [0.15, 0.2) is 58.2 Å². The lowest BCUT2D eigenvalue weighted by atomic mass is 10.0. The Morgan fingerprint density at radius 3 is 2.76 bits per heavy atom. The van der Waals surface area contributed by atoms with Gasteiger partial charge in [-0.25, -0.2) is 8.78 Å². The van der Waals surface area contributed by atoms with Crippen molar-refractivity contribution in [1.29, 1.82) is 0 Å². The zero-order chi connectivity index (χ0) is 23.5. The molecule has 33 heavy (non-hydrogen) atoms. The fourth-order valence-corrected chi connectivity index (χ4v) is 4.51. The molecule has 0 bridgehead atoms. The summed E-state index contributed by atoms with van der Waals surface area (Å²) in [6.07, 6.45) is 0. The van der Waals surface area contributed by atoms with Crippen molar-refractivity contribution < 1.29 is 18.3 Å². The summed E-state index contributed by atoms with van der Waals surface area (Å²) in [6.45, 7) is 2.22. The number of fused-ring (bicyclic) bond motifs is 1. The van der Waals surface area contributed by atoms with Crippen LogP contribution >= 0.6 is 27.7 Å². The van der Waals surface area contributed by atoms with Crippen molar-refractivity contribution in [2.75, 3.05) is 11.1 Å². The van der Waals surface area contributed by atoms with Gasteiger partial charge in [-0.05, 0) is 51.3 Å². The number of hydrogen-bond donors (Lipinski definition) is 1. The Kier molecular flexibility index (Phi) is 6.94. The van der Waals surface area contributed by atoms with Crippen LogP contribution in [-0.2, 0) is 18.4 Å². The SMILES string of the molecule is Cc1c(OCc2nnc(SCC(=O)Nc3c(F)cc(F)cc3Br)n2C)ccc2ccccc12. The molecule has 3 aromatic carbocycles. The van der Waals surface area contributed by atoms with Gasteiger partial charge in [-0.15, -0.1) is 10.2 Å². The number of carbonyl (C=O) groups excluding carboxylic acids is 1. The number of halogens is 3. The van der Waals surface area contributed by atoms with Crippen LogP contribution < -0.4 is 10.1 Å². The molecular formula is C23H19BrF2N4O2S. The number of hydrogen-bond acceptors (Lipinski definition) is 5. The minimum atomic E-state index is -0.859. The third kappa shape index (κ3) is 5.17. The average molecular weight is 533 g/mol. The first kappa shape index (κ1) is 23.2. The summed E-state index contributed by atoms with van der Waals surface area (Å²) >= 11 is 4.20. The van der Waals surface area contributed by atoms with Gasteiger partial charge in [-0.2, -0.15) is 0 Å². The van der Waals surface area contributed by atoms with Crippen LogP contribution in [-0.4, -0.2) is 26.4 Å². The highest BCUT2D eigenvalue weighted by atomic mass is 79.9. The van der Waals surface area contributed by atoms with E-state index in [1.54, 1.807) is 11.6 Å². The van der Waals surface area contributed by atoms with Gasteiger partial charge in [0.05, 0.1) is 11.4 Å². The number of amides is 1. The Labute approximate surface area is 201 Å². The minimum absolute atomic E-state index is 0.0279. The molecule has 0 spiro atoms. The summed E-state index contributed by atoms with van der Waals surface area (Å²) in [5.74, 6) is -0.726. The van der Waals surface area contributed by atoms with E-state index in [9.17, 15) is 13.6 Å².